The van der Waals surface area contributed by atoms with Crippen LogP contribution in [0.5, 0.6) is 0 Å². The number of rotatable bonds is 9. The van der Waals surface area contributed by atoms with E-state index in [1.807, 2.05) is 13.8 Å². The maximum absolute atomic E-state index is 12.8. The molecule has 0 aromatic heterocycles. The quantitative estimate of drug-likeness (QED) is 0.383. The van der Waals surface area contributed by atoms with Crippen LogP contribution in [0, 0.1) is 10.1 Å². The van der Waals surface area contributed by atoms with E-state index in [2.05, 4.69) is 5.32 Å². The highest BCUT2D eigenvalue weighted by Gasteiger charge is 2.28. The van der Waals surface area contributed by atoms with E-state index in [0.717, 1.165) is 6.07 Å². The standard InChI is InChI=1S/C21H23N3O6/c1-3-23(4-2)21(27)19(15-9-6-5-7-10-15)30-18(25)14-22-20(26)16-11-8-12-17(13-16)24(28)29/h5-13,19H,3-4,14H2,1-2H3,(H,22,26)/t19-/m1/s1. The predicted molar refractivity (Wildman–Crippen MR) is 109 cm³/mol. The van der Waals surface area contributed by atoms with Crippen molar-refractivity contribution in [3.8, 4) is 0 Å². The summed E-state index contributed by atoms with van der Waals surface area (Å²) >= 11 is 0. The zero-order valence-electron chi connectivity index (χ0n) is 16.7. The molecule has 2 aromatic carbocycles. The lowest BCUT2D eigenvalue weighted by Crippen LogP contribution is -2.38. The van der Waals surface area contributed by atoms with E-state index < -0.39 is 29.4 Å². The molecular formula is C21H23N3O6. The Bertz CT molecular complexity index is 912. The zero-order valence-corrected chi connectivity index (χ0v) is 16.7. The van der Waals surface area contributed by atoms with Gasteiger partial charge in [0.15, 0.2) is 0 Å². The Kier molecular flexibility index (Phi) is 8.04. The summed E-state index contributed by atoms with van der Waals surface area (Å²) in [6.45, 7) is 4.07. The molecule has 0 heterocycles. The van der Waals surface area contributed by atoms with Gasteiger partial charge in [-0.05, 0) is 19.9 Å². The number of esters is 1. The first-order valence-electron chi connectivity index (χ1n) is 9.43. The zero-order chi connectivity index (χ0) is 22.1. The van der Waals surface area contributed by atoms with Gasteiger partial charge in [-0.2, -0.15) is 0 Å². The summed E-state index contributed by atoms with van der Waals surface area (Å²) in [5.74, 6) is -1.82. The molecule has 2 rings (SSSR count). The van der Waals surface area contributed by atoms with Crippen LogP contribution in [-0.2, 0) is 14.3 Å². The average Bonchev–Trinajstić information content (AvgIpc) is 2.77. The lowest BCUT2D eigenvalue weighted by atomic mass is 10.1. The molecule has 2 amide bonds. The lowest BCUT2D eigenvalue weighted by molar-refractivity contribution is -0.384. The summed E-state index contributed by atoms with van der Waals surface area (Å²) in [5, 5.41) is 13.2. The number of non-ortho nitro benzene ring substituents is 1. The number of hydrogen-bond acceptors (Lipinski definition) is 6. The normalized spacial score (nSPS) is 11.3. The number of nitrogens with one attached hydrogen (secondary N) is 1. The minimum Gasteiger partial charge on any atom is -0.446 e. The first kappa shape index (κ1) is 22.5. The topological polar surface area (TPSA) is 119 Å². The summed E-state index contributed by atoms with van der Waals surface area (Å²) in [6.07, 6.45) is -1.13. The van der Waals surface area contributed by atoms with Gasteiger partial charge in [0.25, 0.3) is 17.5 Å². The van der Waals surface area contributed by atoms with Crippen molar-refractivity contribution in [2.24, 2.45) is 0 Å². The molecule has 9 heteroatoms. The van der Waals surface area contributed by atoms with Crippen LogP contribution in [0.4, 0.5) is 5.69 Å². The van der Waals surface area contributed by atoms with Gasteiger partial charge in [0.2, 0.25) is 6.10 Å². The van der Waals surface area contributed by atoms with E-state index in [9.17, 15) is 24.5 Å². The second-order valence-electron chi connectivity index (χ2n) is 6.28. The number of hydrogen-bond donors (Lipinski definition) is 1. The lowest BCUT2D eigenvalue weighted by Gasteiger charge is -2.25. The van der Waals surface area contributed by atoms with Crippen molar-refractivity contribution in [2.75, 3.05) is 19.6 Å². The van der Waals surface area contributed by atoms with Gasteiger partial charge in [0.05, 0.1) is 4.92 Å². The maximum Gasteiger partial charge on any atom is 0.326 e. The van der Waals surface area contributed by atoms with E-state index in [1.54, 1.807) is 35.2 Å². The Morgan fingerprint density at radius 1 is 1.07 bits per heavy atom. The molecule has 0 aliphatic rings. The molecule has 0 fully saturated rings. The first-order valence-corrected chi connectivity index (χ1v) is 9.43. The van der Waals surface area contributed by atoms with Crippen molar-refractivity contribution in [3.63, 3.8) is 0 Å². The smallest absolute Gasteiger partial charge is 0.326 e. The third-order valence-electron chi connectivity index (χ3n) is 4.36. The van der Waals surface area contributed by atoms with Crippen molar-refractivity contribution in [1.82, 2.24) is 10.2 Å². The number of nitro benzene ring substituents is 1. The van der Waals surface area contributed by atoms with Gasteiger partial charge >= 0.3 is 5.97 Å². The monoisotopic (exact) mass is 413 g/mol. The summed E-state index contributed by atoms with van der Waals surface area (Å²) in [5.41, 5.74) is 0.322. The molecule has 0 saturated heterocycles. The van der Waals surface area contributed by atoms with Crippen molar-refractivity contribution in [2.45, 2.75) is 20.0 Å². The molecule has 0 spiro atoms. The van der Waals surface area contributed by atoms with Gasteiger partial charge in [-0.1, -0.05) is 36.4 Å². The number of amides is 2. The highest BCUT2D eigenvalue weighted by molar-refractivity contribution is 5.96. The number of carbonyl (C=O) groups excluding carboxylic acids is 3. The van der Waals surface area contributed by atoms with Gasteiger partial charge in [-0.25, -0.2) is 0 Å². The third kappa shape index (κ3) is 5.87. The average molecular weight is 413 g/mol. The maximum atomic E-state index is 12.8. The summed E-state index contributed by atoms with van der Waals surface area (Å²) in [7, 11) is 0. The van der Waals surface area contributed by atoms with Gasteiger partial charge in [0, 0.05) is 36.3 Å². The molecule has 30 heavy (non-hydrogen) atoms. The van der Waals surface area contributed by atoms with Crippen LogP contribution in [-0.4, -0.2) is 47.2 Å². The number of benzene rings is 2. The van der Waals surface area contributed by atoms with E-state index in [-0.39, 0.29) is 17.2 Å². The van der Waals surface area contributed by atoms with Crippen LogP contribution in [0.2, 0.25) is 0 Å². The second kappa shape index (κ2) is 10.7. The molecule has 0 aliphatic heterocycles. The van der Waals surface area contributed by atoms with Gasteiger partial charge in [0.1, 0.15) is 6.54 Å². The number of carbonyl (C=O) groups is 3. The Labute approximate surface area is 173 Å². The molecule has 0 aliphatic carbocycles. The molecule has 0 unspecified atom stereocenters. The SMILES string of the molecule is CCN(CC)C(=O)[C@H](OC(=O)CNC(=O)c1cccc([N+](=O)[O-])c1)c1ccccc1. The van der Waals surface area contributed by atoms with Crippen LogP contribution in [0.3, 0.4) is 0 Å². The molecule has 9 nitrogen and oxygen atoms in total. The summed E-state index contributed by atoms with van der Waals surface area (Å²) in [4.78, 5) is 49.1. The van der Waals surface area contributed by atoms with Crippen LogP contribution >= 0.6 is 0 Å². The molecule has 0 radical (unpaired) electrons. The Morgan fingerprint density at radius 3 is 2.33 bits per heavy atom. The molecule has 2 aromatic rings. The molecule has 1 N–H and O–H groups in total. The van der Waals surface area contributed by atoms with Crippen molar-refractivity contribution < 1.29 is 24.0 Å². The van der Waals surface area contributed by atoms with E-state index in [0.29, 0.717) is 18.7 Å². The van der Waals surface area contributed by atoms with Gasteiger partial charge in [-0.15, -0.1) is 0 Å². The Hall–Kier alpha value is -3.75. The van der Waals surface area contributed by atoms with Crippen molar-refractivity contribution in [1.29, 1.82) is 0 Å². The minimum atomic E-state index is -1.13. The van der Waals surface area contributed by atoms with Gasteiger partial charge in [-0.3, -0.25) is 24.5 Å². The van der Waals surface area contributed by atoms with Crippen molar-refractivity contribution >= 4 is 23.5 Å². The van der Waals surface area contributed by atoms with Crippen molar-refractivity contribution in [3.05, 3.63) is 75.8 Å². The fourth-order valence-electron chi connectivity index (χ4n) is 2.78. The fourth-order valence-corrected chi connectivity index (χ4v) is 2.78. The molecular weight excluding hydrogens is 390 g/mol. The van der Waals surface area contributed by atoms with Crippen LogP contribution in [0.25, 0.3) is 0 Å². The highest BCUT2D eigenvalue weighted by atomic mass is 16.6. The van der Waals surface area contributed by atoms with Gasteiger partial charge < -0.3 is 15.0 Å². The van der Waals surface area contributed by atoms with E-state index >= 15 is 0 Å². The Morgan fingerprint density at radius 2 is 1.73 bits per heavy atom. The fraction of sp³-hybridized carbons (Fsp3) is 0.286. The first-order chi connectivity index (χ1) is 14.4. The number of likely N-dealkylation sites (N-methyl/N-ethyl adjacent to an activating group) is 1. The summed E-state index contributed by atoms with van der Waals surface area (Å²) < 4.78 is 5.38. The second-order valence-corrected chi connectivity index (χ2v) is 6.28. The van der Waals surface area contributed by atoms with Crippen LogP contribution in [0.15, 0.2) is 54.6 Å². The molecule has 0 bridgehead atoms. The van der Waals surface area contributed by atoms with E-state index in [4.69, 9.17) is 4.74 Å². The molecule has 158 valence electrons. The number of nitro groups is 1. The number of ether oxygens (including phenoxy) is 1. The molecule has 0 saturated carbocycles. The highest BCUT2D eigenvalue weighted by Crippen LogP contribution is 2.20. The molecule has 1 atom stereocenters. The third-order valence-corrected chi connectivity index (χ3v) is 4.36. The Balaban J connectivity index is 2.07. The predicted octanol–water partition coefficient (Wildman–Crippen LogP) is 2.48. The largest absolute Gasteiger partial charge is 0.446 e. The minimum absolute atomic E-state index is 0.0378. The summed E-state index contributed by atoms with van der Waals surface area (Å²) in [6, 6.07) is 13.7. The van der Waals surface area contributed by atoms with E-state index in [1.165, 1.54) is 18.2 Å². The van der Waals surface area contributed by atoms with Crippen LogP contribution < -0.4 is 5.32 Å². The number of nitrogens with zero attached hydrogens (tertiary/aromatic N) is 2. The van der Waals surface area contributed by atoms with Crippen LogP contribution in [0.1, 0.15) is 35.9 Å².